The van der Waals surface area contributed by atoms with Gasteiger partial charge in [0, 0.05) is 25.2 Å². The van der Waals surface area contributed by atoms with Crippen molar-refractivity contribution in [3.05, 3.63) is 22.6 Å². The van der Waals surface area contributed by atoms with Crippen LogP contribution in [-0.2, 0) is 9.47 Å². The quantitative estimate of drug-likeness (QED) is 0.661. The lowest BCUT2D eigenvalue weighted by atomic mass is 9.78. The zero-order valence-corrected chi connectivity index (χ0v) is 13.2. The molecule has 5 heteroatoms. The maximum atomic E-state index is 6.04. The molecule has 118 valence electrons. The highest BCUT2D eigenvalue weighted by molar-refractivity contribution is 5.34. The Labute approximate surface area is 126 Å². The smallest absolute Gasteiger partial charge is 0.106 e. The van der Waals surface area contributed by atoms with Crippen molar-refractivity contribution in [2.45, 2.75) is 51.7 Å². The standard InChI is InChI=1S/C16H26N2O3/c1-10-11(2)21-12(3)14(10)15(18-17)13-4-6-20-16(8-13)5-7-19-9-16/h13,15,18H,4-9,17H2,1-3H3. The first-order chi connectivity index (χ1) is 10.1. The van der Waals surface area contributed by atoms with E-state index in [4.69, 9.17) is 19.7 Å². The van der Waals surface area contributed by atoms with Crippen LogP contribution in [0.25, 0.3) is 0 Å². The molecule has 1 spiro atoms. The van der Waals surface area contributed by atoms with E-state index in [-0.39, 0.29) is 11.6 Å². The lowest BCUT2D eigenvalue weighted by molar-refractivity contribution is -0.103. The van der Waals surface area contributed by atoms with Crippen molar-refractivity contribution in [1.29, 1.82) is 0 Å². The van der Waals surface area contributed by atoms with Crippen LogP contribution in [0.15, 0.2) is 4.42 Å². The van der Waals surface area contributed by atoms with Crippen LogP contribution in [0.5, 0.6) is 0 Å². The number of ether oxygens (including phenoxy) is 2. The Balaban J connectivity index is 1.85. The van der Waals surface area contributed by atoms with Crippen LogP contribution in [0, 0.1) is 26.7 Å². The van der Waals surface area contributed by atoms with E-state index in [0.717, 1.165) is 44.0 Å². The third kappa shape index (κ3) is 2.63. The predicted molar refractivity (Wildman–Crippen MR) is 79.8 cm³/mol. The number of aryl methyl sites for hydroxylation is 2. The molecular weight excluding hydrogens is 268 g/mol. The summed E-state index contributed by atoms with van der Waals surface area (Å²) >= 11 is 0. The van der Waals surface area contributed by atoms with E-state index in [2.05, 4.69) is 12.3 Å². The fraction of sp³-hybridized carbons (Fsp3) is 0.750. The van der Waals surface area contributed by atoms with Crippen molar-refractivity contribution < 1.29 is 13.9 Å². The van der Waals surface area contributed by atoms with Crippen molar-refractivity contribution in [3.8, 4) is 0 Å². The normalized spacial score (nSPS) is 31.0. The molecular formula is C16H26N2O3. The summed E-state index contributed by atoms with van der Waals surface area (Å²) in [4.78, 5) is 0. The van der Waals surface area contributed by atoms with Gasteiger partial charge in [-0.3, -0.25) is 11.3 Å². The molecule has 2 aliphatic heterocycles. The Kier molecular flexibility index (Phi) is 4.10. The Hall–Kier alpha value is -0.880. The average Bonchev–Trinajstić information content (AvgIpc) is 3.00. The molecule has 3 atom stereocenters. The third-order valence-electron chi connectivity index (χ3n) is 5.18. The lowest BCUT2D eigenvalue weighted by Crippen LogP contribution is -2.45. The van der Waals surface area contributed by atoms with Gasteiger partial charge in [-0.15, -0.1) is 0 Å². The summed E-state index contributed by atoms with van der Waals surface area (Å²) in [7, 11) is 0. The number of hydrogen-bond donors (Lipinski definition) is 2. The van der Waals surface area contributed by atoms with Crippen molar-refractivity contribution in [2.75, 3.05) is 19.8 Å². The summed E-state index contributed by atoms with van der Waals surface area (Å²) in [6.07, 6.45) is 2.99. The molecule has 2 fully saturated rings. The van der Waals surface area contributed by atoms with E-state index in [0.29, 0.717) is 12.5 Å². The zero-order chi connectivity index (χ0) is 15.0. The van der Waals surface area contributed by atoms with Gasteiger partial charge in [0.25, 0.3) is 0 Å². The molecule has 2 aliphatic rings. The summed E-state index contributed by atoms with van der Waals surface area (Å²) in [6, 6.07) is 0.115. The highest BCUT2D eigenvalue weighted by atomic mass is 16.6. The summed E-state index contributed by atoms with van der Waals surface area (Å²) in [5, 5.41) is 0. The first-order valence-corrected chi connectivity index (χ1v) is 7.80. The summed E-state index contributed by atoms with van der Waals surface area (Å²) in [6.45, 7) is 8.43. The van der Waals surface area contributed by atoms with Crippen molar-refractivity contribution >= 4 is 0 Å². The molecule has 0 aromatic carbocycles. The second-order valence-electron chi connectivity index (χ2n) is 6.48. The first kappa shape index (κ1) is 15.0. The van der Waals surface area contributed by atoms with Crippen LogP contribution in [0.4, 0.5) is 0 Å². The molecule has 3 N–H and O–H groups in total. The minimum absolute atomic E-state index is 0.0986. The Morgan fingerprint density at radius 3 is 2.62 bits per heavy atom. The molecule has 0 aliphatic carbocycles. The van der Waals surface area contributed by atoms with Crippen LogP contribution >= 0.6 is 0 Å². The molecule has 0 bridgehead atoms. The van der Waals surface area contributed by atoms with Crippen LogP contribution in [0.3, 0.4) is 0 Å². The van der Waals surface area contributed by atoms with E-state index in [1.54, 1.807) is 0 Å². The monoisotopic (exact) mass is 294 g/mol. The molecule has 3 rings (SSSR count). The predicted octanol–water partition coefficient (Wildman–Crippen LogP) is 2.29. The SMILES string of the molecule is Cc1oc(C)c(C(NN)C2CCOC3(CCOC3)C2)c1C. The van der Waals surface area contributed by atoms with Crippen molar-refractivity contribution in [1.82, 2.24) is 5.43 Å². The van der Waals surface area contributed by atoms with Gasteiger partial charge in [-0.1, -0.05) is 0 Å². The molecule has 3 unspecified atom stereocenters. The van der Waals surface area contributed by atoms with E-state index in [1.165, 1.54) is 11.1 Å². The zero-order valence-electron chi connectivity index (χ0n) is 13.2. The number of furan rings is 1. The minimum Gasteiger partial charge on any atom is -0.466 e. The molecule has 1 aromatic rings. The summed E-state index contributed by atoms with van der Waals surface area (Å²) in [5.41, 5.74) is 5.36. The van der Waals surface area contributed by atoms with Crippen molar-refractivity contribution in [2.24, 2.45) is 11.8 Å². The van der Waals surface area contributed by atoms with E-state index in [1.807, 2.05) is 13.8 Å². The van der Waals surface area contributed by atoms with Gasteiger partial charge in [0.2, 0.25) is 0 Å². The van der Waals surface area contributed by atoms with E-state index < -0.39 is 0 Å². The van der Waals surface area contributed by atoms with Gasteiger partial charge in [-0.2, -0.15) is 0 Å². The topological polar surface area (TPSA) is 69.7 Å². The number of hydrazine groups is 1. The number of nitrogens with two attached hydrogens (primary N) is 1. The first-order valence-electron chi connectivity index (χ1n) is 7.80. The molecule has 21 heavy (non-hydrogen) atoms. The average molecular weight is 294 g/mol. The van der Waals surface area contributed by atoms with Crippen LogP contribution in [0.1, 0.15) is 48.0 Å². The Bertz CT molecular complexity index is 506. The van der Waals surface area contributed by atoms with Gasteiger partial charge in [0.05, 0.1) is 18.2 Å². The van der Waals surface area contributed by atoms with Crippen LogP contribution in [-0.4, -0.2) is 25.4 Å². The van der Waals surface area contributed by atoms with E-state index in [9.17, 15) is 0 Å². The maximum Gasteiger partial charge on any atom is 0.106 e. The number of rotatable bonds is 3. The van der Waals surface area contributed by atoms with Crippen LogP contribution < -0.4 is 11.3 Å². The highest BCUT2D eigenvalue weighted by Crippen LogP contribution is 2.42. The van der Waals surface area contributed by atoms with Crippen LogP contribution in [0.2, 0.25) is 0 Å². The van der Waals surface area contributed by atoms with Gasteiger partial charge in [-0.05, 0) is 45.1 Å². The Morgan fingerprint density at radius 1 is 1.24 bits per heavy atom. The minimum atomic E-state index is -0.0986. The van der Waals surface area contributed by atoms with Crippen molar-refractivity contribution in [3.63, 3.8) is 0 Å². The molecule has 5 nitrogen and oxygen atoms in total. The molecule has 2 saturated heterocycles. The van der Waals surface area contributed by atoms with Gasteiger partial charge in [0.15, 0.2) is 0 Å². The molecule has 1 aromatic heterocycles. The summed E-state index contributed by atoms with van der Waals surface area (Å²) < 4.78 is 17.4. The highest BCUT2D eigenvalue weighted by Gasteiger charge is 2.43. The third-order valence-corrected chi connectivity index (χ3v) is 5.18. The van der Waals surface area contributed by atoms with Gasteiger partial charge < -0.3 is 13.9 Å². The fourth-order valence-corrected chi connectivity index (χ4v) is 3.94. The molecule has 0 saturated carbocycles. The largest absolute Gasteiger partial charge is 0.466 e. The van der Waals surface area contributed by atoms with Gasteiger partial charge in [0.1, 0.15) is 11.5 Å². The number of nitrogens with one attached hydrogen (secondary N) is 1. The maximum absolute atomic E-state index is 6.04. The molecule has 0 amide bonds. The lowest BCUT2D eigenvalue weighted by Gasteiger charge is -2.40. The molecule has 3 heterocycles. The second-order valence-corrected chi connectivity index (χ2v) is 6.48. The van der Waals surface area contributed by atoms with Gasteiger partial charge >= 0.3 is 0 Å². The number of hydrogen-bond acceptors (Lipinski definition) is 5. The fourth-order valence-electron chi connectivity index (χ4n) is 3.94. The second kappa shape index (κ2) is 5.72. The summed E-state index contributed by atoms with van der Waals surface area (Å²) in [5.74, 6) is 8.30. The molecule has 0 radical (unpaired) electrons. The van der Waals surface area contributed by atoms with Gasteiger partial charge in [-0.25, -0.2) is 0 Å². The van der Waals surface area contributed by atoms with E-state index >= 15 is 0 Å². The Morgan fingerprint density at radius 2 is 2.05 bits per heavy atom.